The molecule has 0 radical (unpaired) electrons. The van der Waals surface area contributed by atoms with Crippen molar-refractivity contribution in [3.8, 4) is 0 Å². The fourth-order valence-electron chi connectivity index (χ4n) is 3.40. The van der Waals surface area contributed by atoms with Gasteiger partial charge in [0.1, 0.15) is 12.1 Å². The highest BCUT2D eigenvalue weighted by molar-refractivity contribution is 7.89. The molecule has 1 amide bonds. The zero-order valence-electron chi connectivity index (χ0n) is 19.1. The van der Waals surface area contributed by atoms with Crippen molar-refractivity contribution in [2.45, 2.75) is 37.2 Å². The van der Waals surface area contributed by atoms with E-state index >= 15 is 0 Å². The van der Waals surface area contributed by atoms with Crippen LogP contribution in [0, 0.1) is 6.92 Å². The molecule has 3 rings (SSSR count). The van der Waals surface area contributed by atoms with Crippen LogP contribution in [-0.2, 0) is 30.8 Å². The Kier molecular flexibility index (Phi) is 8.56. The lowest BCUT2D eigenvalue weighted by Crippen LogP contribution is -2.48. The maximum absolute atomic E-state index is 13.4. The Hall–Kier alpha value is -3.49. The highest BCUT2D eigenvalue weighted by Gasteiger charge is 2.31. The summed E-state index contributed by atoms with van der Waals surface area (Å²) in [5, 5.41) is 2.69. The molecular formula is C26H28N2O5S. The molecule has 2 N–H and O–H groups in total. The van der Waals surface area contributed by atoms with Gasteiger partial charge in [-0.25, -0.2) is 13.2 Å². The number of rotatable bonds is 10. The summed E-state index contributed by atoms with van der Waals surface area (Å²) in [4.78, 5) is 26.0. The fraction of sp³-hybridized carbons (Fsp3) is 0.231. The third-order valence-electron chi connectivity index (χ3n) is 5.17. The lowest BCUT2D eigenvalue weighted by atomic mass is 10.0. The average Bonchev–Trinajstić information content (AvgIpc) is 2.83. The number of carbonyl (C=O) groups is 2. The molecule has 0 aromatic heterocycles. The standard InChI is InChI=1S/C26H28N2O5S/c1-3-33-26(30)23(18-20-10-6-4-7-11-20)27-25(29)24(21-12-8-5-9-13-21)28-34(31,32)22-16-14-19(2)15-17-22/h4-17,23-24,28H,3,18H2,1-2H3,(H,27,29)/t23-,24?/m0/s1. The van der Waals surface area contributed by atoms with Gasteiger partial charge in [-0.15, -0.1) is 0 Å². The maximum atomic E-state index is 13.4. The number of esters is 1. The van der Waals surface area contributed by atoms with Crippen LogP contribution in [0.2, 0.25) is 0 Å². The van der Waals surface area contributed by atoms with E-state index in [1.807, 2.05) is 37.3 Å². The van der Waals surface area contributed by atoms with Gasteiger partial charge >= 0.3 is 5.97 Å². The van der Waals surface area contributed by atoms with Crippen molar-refractivity contribution in [1.82, 2.24) is 10.0 Å². The van der Waals surface area contributed by atoms with Gasteiger partial charge in [0.2, 0.25) is 15.9 Å². The van der Waals surface area contributed by atoms with Crippen molar-refractivity contribution in [3.63, 3.8) is 0 Å². The minimum absolute atomic E-state index is 0.0399. The summed E-state index contributed by atoms with van der Waals surface area (Å²) in [7, 11) is -4.02. The zero-order valence-corrected chi connectivity index (χ0v) is 19.9. The van der Waals surface area contributed by atoms with Crippen molar-refractivity contribution >= 4 is 21.9 Å². The summed E-state index contributed by atoms with van der Waals surface area (Å²) in [5.74, 6) is -1.25. The van der Waals surface area contributed by atoms with Crippen LogP contribution in [0.4, 0.5) is 0 Å². The average molecular weight is 481 g/mol. The van der Waals surface area contributed by atoms with Crippen LogP contribution in [0.15, 0.2) is 89.8 Å². The quantitative estimate of drug-likeness (QED) is 0.434. The second-order valence-corrected chi connectivity index (χ2v) is 9.49. The Balaban J connectivity index is 1.89. The van der Waals surface area contributed by atoms with Gasteiger partial charge in [-0.3, -0.25) is 4.79 Å². The van der Waals surface area contributed by atoms with E-state index in [1.165, 1.54) is 12.1 Å². The number of nitrogens with one attached hydrogen (secondary N) is 2. The zero-order chi connectivity index (χ0) is 24.6. The van der Waals surface area contributed by atoms with Crippen LogP contribution in [0.1, 0.15) is 29.7 Å². The number of benzene rings is 3. The van der Waals surface area contributed by atoms with Crippen LogP contribution < -0.4 is 10.0 Å². The monoisotopic (exact) mass is 480 g/mol. The second kappa shape index (κ2) is 11.6. The van der Waals surface area contributed by atoms with Gasteiger partial charge in [0, 0.05) is 6.42 Å². The van der Waals surface area contributed by atoms with Gasteiger partial charge in [0.15, 0.2) is 0 Å². The van der Waals surface area contributed by atoms with Crippen molar-refractivity contribution in [3.05, 3.63) is 102 Å². The molecular weight excluding hydrogens is 452 g/mol. The molecule has 2 atom stereocenters. The van der Waals surface area contributed by atoms with E-state index in [-0.39, 0.29) is 17.9 Å². The Morgan fingerprint density at radius 3 is 2.06 bits per heavy atom. The van der Waals surface area contributed by atoms with Gasteiger partial charge in [-0.2, -0.15) is 4.72 Å². The summed E-state index contributed by atoms with van der Waals surface area (Å²) >= 11 is 0. The molecule has 0 heterocycles. The first-order valence-electron chi connectivity index (χ1n) is 10.9. The predicted octanol–water partition coefficient (Wildman–Crippen LogP) is 3.31. The molecule has 1 unspecified atom stereocenters. The lowest BCUT2D eigenvalue weighted by molar-refractivity contribution is -0.147. The summed E-state index contributed by atoms with van der Waals surface area (Å²) in [5.41, 5.74) is 2.19. The highest BCUT2D eigenvalue weighted by atomic mass is 32.2. The summed E-state index contributed by atoms with van der Waals surface area (Å²) in [6.45, 7) is 3.69. The summed E-state index contributed by atoms with van der Waals surface area (Å²) in [6.07, 6.45) is 0.206. The molecule has 0 saturated carbocycles. The Morgan fingerprint density at radius 2 is 1.47 bits per heavy atom. The van der Waals surface area contributed by atoms with E-state index in [0.717, 1.165) is 11.1 Å². The Bertz CT molecular complexity index is 1200. The lowest BCUT2D eigenvalue weighted by Gasteiger charge is -2.23. The summed E-state index contributed by atoms with van der Waals surface area (Å²) < 4.78 is 33.8. The van der Waals surface area contributed by atoms with Crippen molar-refractivity contribution in [2.24, 2.45) is 0 Å². The summed E-state index contributed by atoms with van der Waals surface area (Å²) in [6, 6.07) is 21.8. The van der Waals surface area contributed by atoms with Crippen molar-refractivity contribution in [1.29, 1.82) is 0 Å². The normalized spacial score (nSPS) is 13.0. The van der Waals surface area contributed by atoms with Gasteiger partial charge in [-0.05, 0) is 37.1 Å². The molecule has 8 heteroatoms. The molecule has 0 saturated heterocycles. The van der Waals surface area contributed by atoms with Gasteiger partial charge in [0.25, 0.3) is 0 Å². The van der Waals surface area contributed by atoms with E-state index in [9.17, 15) is 18.0 Å². The van der Waals surface area contributed by atoms with Crippen molar-refractivity contribution in [2.75, 3.05) is 6.61 Å². The number of aryl methyl sites for hydroxylation is 1. The van der Waals surface area contributed by atoms with Crippen molar-refractivity contribution < 1.29 is 22.7 Å². The number of sulfonamides is 1. The van der Waals surface area contributed by atoms with Crippen LogP contribution in [-0.4, -0.2) is 32.9 Å². The third-order valence-corrected chi connectivity index (χ3v) is 6.61. The minimum atomic E-state index is -4.02. The molecule has 0 aliphatic rings. The molecule has 0 bridgehead atoms. The molecule has 3 aromatic carbocycles. The minimum Gasteiger partial charge on any atom is -0.464 e. The number of hydrogen-bond donors (Lipinski definition) is 2. The number of amides is 1. The van der Waals surface area contributed by atoms with Crippen LogP contribution in [0.25, 0.3) is 0 Å². The van der Waals surface area contributed by atoms with Gasteiger partial charge in [-0.1, -0.05) is 78.4 Å². The maximum Gasteiger partial charge on any atom is 0.328 e. The van der Waals surface area contributed by atoms with E-state index in [1.54, 1.807) is 49.4 Å². The molecule has 0 fully saturated rings. The Morgan fingerprint density at radius 1 is 0.882 bits per heavy atom. The molecule has 0 aliphatic carbocycles. The smallest absolute Gasteiger partial charge is 0.328 e. The highest BCUT2D eigenvalue weighted by Crippen LogP contribution is 2.19. The van der Waals surface area contributed by atoms with E-state index < -0.39 is 34.0 Å². The predicted molar refractivity (Wildman–Crippen MR) is 129 cm³/mol. The molecule has 0 aliphatic heterocycles. The van der Waals surface area contributed by atoms with Crippen LogP contribution in [0.3, 0.4) is 0 Å². The number of hydrogen-bond acceptors (Lipinski definition) is 5. The Labute approximate surface area is 200 Å². The molecule has 3 aromatic rings. The van der Waals surface area contributed by atoms with E-state index in [2.05, 4.69) is 10.0 Å². The SMILES string of the molecule is CCOC(=O)[C@H](Cc1ccccc1)NC(=O)C(NS(=O)(=O)c1ccc(C)cc1)c1ccccc1. The fourth-order valence-corrected chi connectivity index (χ4v) is 4.58. The van der Waals surface area contributed by atoms with Crippen LogP contribution >= 0.6 is 0 Å². The molecule has 0 spiro atoms. The first kappa shape index (κ1) is 25.1. The van der Waals surface area contributed by atoms with E-state index in [0.29, 0.717) is 5.56 Å². The topological polar surface area (TPSA) is 102 Å². The number of carbonyl (C=O) groups excluding carboxylic acids is 2. The molecule has 7 nitrogen and oxygen atoms in total. The van der Waals surface area contributed by atoms with Crippen LogP contribution in [0.5, 0.6) is 0 Å². The number of ether oxygens (including phenoxy) is 1. The first-order chi connectivity index (χ1) is 16.3. The second-order valence-electron chi connectivity index (χ2n) is 7.78. The first-order valence-corrected chi connectivity index (χ1v) is 12.4. The van der Waals surface area contributed by atoms with Gasteiger partial charge in [0.05, 0.1) is 11.5 Å². The molecule has 34 heavy (non-hydrogen) atoms. The van der Waals surface area contributed by atoms with Gasteiger partial charge < -0.3 is 10.1 Å². The van der Waals surface area contributed by atoms with E-state index in [4.69, 9.17) is 4.74 Å². The molecule has 178 valence electrons. The third kappa shape index (κ3) is 6.76. The largest absolute Gasteiger partial charge is 0.464 e.